The van der Waals surface area contributed by atoms with Gasteiger partial charge in [-0.05, 0) is 85.5 Å². The minimum absolute atomic E-state index is 0.210. The van der Waals surface area contributed by atoms with Crippen molar-refractivity contribution in [3.63, 3.8) is 0 Å². The lowest BCUT2D eigenvalue weighted by molar-refractivity contribution is -0.260. The fourth-order valence-electron chi connectivity index (χ4n) is 7.57. The van der Waals surface area contributed by atoms with Crippen LogP contribution in [-0.4, -0.2) is 22.0 Å². The largest absolute Gasteiger partial charge is 0.508 e. The van der Waals surface area contributed by atoms with Gasteiger partial charge in [-0.2, -0.15) is 0 Å². The molecule has 164 valence electrons. The molecule has 4 heteroatoms. The van der Waals surface area contributed by atoms with Crippen molar-refractivity contribution in [1.82, 2.24) is 0 Å². The molecule has 1 aromatic carbocycles. The molecule has 4 aliphatic rings. The molecular weight excluding hydrogens is 376 g/mol. The van der Waals surface area contributed by atoms with E-state index in [1.54, 1.807) is 0 Å². The Kier molecular flexibility index (Phi) is 5.12. The number of aliphatic hydroxyl groups is 1. The molecule has 30 heavy (non-hydrogen) atoms. The molecule has 0 heterocycles. The molecule has 5 rings (SSSR count). The fourth-order valence-corrected chi connectivity index (χ4v) is 7.57. The maximum Gasteiger partial charge on any atom is 0.308 e. The number of hydrogen-bond donors (Lipinski definition) is 2. The van der Waals surface area contributed by atoms with Gasteiger partial charge in [0.1, 0.15) is 5.75 Å². The second-order valence-electron chi connectivity index (χ2n) is 10.7. The third-order valence-electron chi connectivity index (χ3n) is 9.30. The topological polar surface area (TPSA) is 66.8 Å². The van der Waals surface area contributed by atoms with Crippen LogP contribution in [-0.2, 0) is 16.0 Å². The van der Waals surface area contributed by atoms with Crippen LogP contribution in [0.5, 0.6) is 5.75 Å². The molecule has 4 nitrogen and oxygen atoms in total. The van der Waals surface area contributed by atoms with Gasteiger partial charge in [-0.1, -0.05) is 38.7 Å². The summed E-state index contributed by atoms with van der Waals surface area (Å²) in [7, 11) is 0. The molecule has 0 radical (unpaired) electrons. The van der Waals surface area contributed by atoms with Crippen molar-refractivity contribution in [1.29, 1.82) is 0 Å². The number of rotatable bonds is 4. The molecule has 0 spiro atoms. The monoisotopic (exact) mass is 412 g/mol. The van der Waals surface area contributed by atoms with Crippen LogP contribution in [0.1, 0.15) is 94.6 Å². The Balaban J connectivity index is 1.29. The van der Waals surface area contributed by atoms with Gasteiger partial charge in [0.15, 0.2) is 0 Å². The van der Waals surface area contributed by atoms with E-state index < -0.39 is 5.79 Å². The number of ether oxygens (including phenoxy) is 1. The molecule has 0 bridgehead atoms. The summed E-state index contributed by atoms with van der Waals surface area (Å²) >= 11 is 0. The summed E-state index contributed by atoms with van der Waals surface area (Å²) in [5, 5.41) is 21.4. The van der Waals surface area contributed by atoms with Gasteiger partial charge in [0, 0.05) is 18.3 Å². The van der Waals surface area contributed by atoms with E-state index >= 15 is 0 Å². The molecule has 0 amide bonds. The standard InChI is InChI=1S/C26H36O4/c1-25-14-12-21-20-10-8-19(27)16-18(20)7-9-22(21)23(25)13-15-26(25,29)30-24(28)11-6-17-4-2-3-5-17/h8,10,16-17,21-23,27,29H,2-7,9,11-15H2,1H3/t21-,22-,23+,25+,26-/m1/s1. The van der Waals surface area contributed by atoms with Gasteiger partial charge in [-0.15, -0.1) is 0 Å². The first-order valence-electron chi connectivity index (χ1n) is 12.2. The number of carbonyl (C=O) groups is 1. The quantitative estimate of drug-likeness (QED) is 0.510. The fraction of sp³-hybridized carbons (Fsp3) is 0.731. The van der Waals surface area contributed by atoms with Crippen molar-refractivity contribution in [3.8, 4) is 5.75 Å². The van der Waals surface area contributed by atoms with Crippen LogP contribution >= 0.6 is 0 Å². The second kappa shape index (κ2) is 7.55. The number of phenols is 1. The summed E-state index contributed by atoms with van der Waals surface area (Å²) in [6.45, 7) is 2.16. The minimum atomic E-state index is -1.31. The molecule has 5 atom stereocenters. The van der Waals surface area contributed by atoms with E-state index in [2.05, 4.69) is 13.0 Å². The van der Waals surface area contributed by atoms with E-state index in [1.807, 2.05) is 12.1 Å². The lowest BCUT2D eigenvalue weighted by atomic mass is 9.55. The average Bonchev–Trinajstić information content (AvgIpc) is 3.32. The van der Waals surface area contributed by atoms with Crippen molar-refractivity contribution >= 4 is 5.97 Å². The molecule has 2 N–H and O–H groups in total. The molecule has 1 aromatic rings. The van der Waals surface area contributed by atoms with Gasteiger partial charge in [-0.3, -0.25) is 4.79 Å². The Morgan fingerprint density at radius 1 is 1.13 bits per heavy atom. The SMILES string of the molecule is C[C@]12CC[C@@H]3c4ccc(O)cc4CC[C@H]3[C@@H]1CC[C@@]2(O)OC(=O)CCC1CCCC1. The highest BCUT2D eigenvalue weighted by atomic mass is 16.7. The highest BCUT2D eigenvalue weighted by Crippen LogP contribution is 2.64. The summed E-state index contributed by atoms with van der Waals surface area (Å²) in [5.74, 6) is 0.886. The Hall–Kier alpha value is -1.55. The maximum atomic E-state index is 12.7. The maximum absolute atomic E-state index is 12.7. The Bertz CT molecular complexity index is 813. The summed E-state index contributed by atoms with van der Waals surface area (Å²) in [4.78, 5) is 12.7. The number of benzene rings is 1. The first kappa shape index (κ1) is 20.4. The van der Waals surface area contributed by atoms with E-state index in [1.165, 1.54) is 36.8 Å². The molecule has 0 unspecified atom stereocenters. The first-order valence-corrected chi connectivity index (χ1v) is 12.2. The zero-order chi connectivity index (χ0) is 20.9. The van der Waals surface area contributed by atoms with Crippen LogP contribution in [0.2, 0.25) is 0 Å². The van der Waals surface area contributed by atoms with Crippen molar-refractivity contribution in [2.24, 2.45) is 23.2 Å². The summed E-state index contributed by atoms with van der Waals surface area (Å²) in [6, 6.07) is 5.84. The predicted molar refractivity (Wildman–Crippen MR) is 115 cm³/mol. The van der Waals surface area contributed by atoms with Gasteiger partial charge in [-0.25, -0.2) is 0 Å². The molecule has 3 saturated carbocycles. The van der Waals surface area contributed by atoms with Crippen molar-refractivity contribution in [3.05, 3.63) is 29.3 Å². The zero-order valence-corrected chi connectivity index (χ0v) is 18.2. The van der Waals surface area contributed by atoms with Crippen LogP contribution in [0.15, 0.2) is 18.2 Å². The molecule has 0 aliphatic heterocycles. The third-order valence-corrected chi connectivity index (χ3v) is 9.30. The Labute approximate surface area is 180 Å². The molecule has 3 fully saturated rings. The lowest BCUT2D eigenvalue weighted by Gasteiger charge is -2.52. The Morgan fingerprint density at radius 3 is 2.73 bits per heavy atom. The highest BCUT2D eigenvalue weighted by molar-refractivity contribution is 5.70. The van der Waals surface area contributed by atoms with Gasteiger partial charge in [0.25, 0.3) is 0 Å². The number of phenolic OH excluding ortho intramolecular Hbond substituents is 1. The minimum Gasteiger partial charge on any atom is -0.508 e. The van der Waals surface area contributed by atoms with Gasteiger partial charge in [0.2, 0.25) is 5.79 Å². The summed E-state index contributed by atoms with van der Waals surface area (Å²) in [5.41, 5.74) is 2.31. The van der Waals surface area contributed by atoms with Crippen LogP contribution < -0.4 is 0 Å². The van der Waals surface area contributed by atoms with E-state index in [4.69, 9.17) is 4.74 Å². The van der Waals surface area contributed by atoms with Crippen LogP contribution in [0, 0.1) is 23.2 Å². The van der Waals surface area contributed by atoms with Crippen LogP contribution in [0.4, 0.5) is 0 Å². The number of aryl methyl sites for hydroxylation is 1. The van der Waals surface area contributed by atoms with Crippen molar-refractivity contribution in [2.45, 2.75) is 95.7 Å². The van der Waals surface area contributed by atoms with Crippen LogP contribution in [0.25, 0.3) is 0 Å². The number of esters is 1. The van der Waals surface area contributed by atoms with E-state index in [0.717, 1.165) is 38.5 Å². The van der Waals surface area contributed by atoms with Crippen molar-refractivity contribution < 1.29 is 19.7 Å². The first-order chi connectivity index (χ1) is 14.4. The number of fused-ring (bicyclic) bond motifs is 5. The molecular formula is C26H36O4. The molecule has 4 aliphatic carbocycles. The van der Waals surface area contributed by atoms with Gasteiger partial charge < -0.3 is 14.9 Å². The summed E-state index contributed by atoms with van der Waals surface area (Å²) in [6.07, 6.45) is 11.8. The van der Waals surface area contributed by atoms with Gasteiger partial charge in [0.05, 0.1) is 0 Å². The van der Waals surface area contributed by atoms with Crippen LogP contribution in [0.3, 0.4) is 0 Å². The van der Waals surface area contributed by atoms with Crippen molar-refractivity contribution in [2.75, 3.05) is 0 Å². The zero-order valence-electron chi connectivity index (χ0n) is 18.2. The third kappa shape index (κ3) is 3.26. The van der Waals surface area contributed by atoms with E-state index in [-0.39, 0.29) is 11.4 Å². The lowest BCUT2D eigenvalue weighted by Crippen LogP contribution is -2.53. The Morgan fingerprint density at radius 2 is 1.93 bits per heavy atom. The van der Waals surface area contributed by atoms with E-state index in [9.17, 15) is 15.0 Å². The number of carbonyl (C=O) groups excluding carboxylic acids is 1. The molecule has 0 saturated heterocycles. The number of hydrogen-bond acceptors (Lipinski definition) is 4. The van der Waals surface area contributed by atoms with Gasteiger partial charge >= 0.3 is 5.97 Å². The summed E-state index contributed by atoms with van der Waals surface area (Å²) < 4.78 is 5.88. The second-order valence-corrected chi connectivity index (χ2v) is 10.7. The number of aromatic hydroxyl groups is 1. The average molecular weight is 413 g/mol. The van der Waals surface area contributed by atoms with E-state index in [0.29, 0.717) is 42.3 Å². The smallest absolute Gasteiger partial charge is 0.308 e. The predicted octanol–water partition coefficient (Wildman–Crippen LogP) is 5.45. The highest BCUT2D eigenvalue weighted by Gasteiger charge is 2.63. The molecule has 0 aromatic heterocycles. The normalized spacial score (nSPS) is 38.0.